The van der Waals surface area contributed by atoms with E-state index in [1.807, 2.05) is 6.92 Å². The normalized spacial score (nSPS) is 11.4. The Morgan fingerprint density at radius 1 is 1.05 bits per heavy atom. The first-order valence-electron chi connectivity index (χ1n) is 11.2. The standard InChI is InChI=1S/C26H21Cl2N3O6S.Na/c1-3-37-16-9-10-20(19(27)13-16)29-26(33)18-12-15-6-4-5-7-17(15)24(25(18)32)31-30-23-14(2)8-11-21(22(23)28)38(34,35)36;/h4-13,32H,3H2,1-2H3,(H,29,33)(H,34,35,36);/q;+1/p-1. The van der Waals surface area contributed by atoms with E-state index in [1.54, 1.807) is 49.4 Å². The third-order valence-electron chi connectivity index (χ3n) is 5.53. The van der Waals surface area contributed by atoms with E-state index >= 15 is 0 Å². The zero-order chi connectivity index (χ0) is 27.6. The van der Waals surface area contributed by atoms with Crippen molar-refractivity contribution in [2.45, 2.75) is 18.7 Å². The van der Waals surface area contributed by atoms with Gasteiger partial charge in [-0.05, 0) is 49.1 Å². The molecule has 0 aliphatic carbocycles. The van der Waals surface area contributed by atoms with Gasteiger partial charge < -0.3 is 15.2 Å². The van der Waals surface area contributed by atoms with Crippen molar-refractivity contribution in [2.24, 2.45) is 10.2 Å². The van der Waals surface area contributed by atoms with Crippen molar-refractivity contribution in [3.05, 3.63) is 81.8 Å². The molecule has 0 aliphatic heterocycles. The molecule has 0 radical (unpaired) electrons. The van der Waals surface area contributed by atoms with Crippen LogP contribution in [-0.2, 0) is 10.1 Å². The molecule has 2 N–H and O–H groups in total. The Kier molecular flexibility index (Phi) is 10.0. The Balaban J connectivity index is 0.00000420. The van der Waals surface area contributed by atoms with Gasteiger partial charge >= 0.3 is 29.6 Å². The van der Waals surface area contributed by atoms with Gasteiger partial charge in [0, 0.05) is 17.0 Å². The summed E-state index contributed by atoms with van der Waals surface area (Å²) in [6, 6.07) is 15.5. The Morgan fingerprint density at radius 3 is 2.41 bits per heavy atom. The van der Waals surface area contributed by atoms with Gasteiger partial charge in [0.25, 0.3) is 16.0 Å². The van der Waals surface area contributed by atoms with Crippen LogP contribution in [0.2, 0.25) is 10.0 Å². The Bertz CT molecular complexity index is 1710. The molecule has 9 nitrogen and oxygen atoms in total. The average molecular weight is 596 g/mol. The van der Waals surface area contributed by atoms with E-state index in [9.17, 15) is 22.9 Å². The van der Waals surface area contributed by atoms with E-state index in [0.717, 1.165) is 6.07 Å². The number of aryl methyl sites for hydroxylation is 1. The molecule has 39 heavy (non-hydrogen) atoms. The molecule has 0 unspecified atom stereocenters. The molecule has 0 saturated heterocycles. The maximum absolute atomic E-state index is 13.4. The number of benzene rings is 4. The third kappa shape index (κ3) is 6.72. The fourth-order valence-corrected chi connectivity index (χ4v) is 5.01. The van der Waals surface area contributed by atoms with Gasteiger partial charge in [-0.2, -0.15) is 13.5 Å². The Labute approximate surface area is 256 Å². The van der Waals surface area contributed by atoms with Crippen molar-refractivity contribution >= 4 is 67.1 Å². The molecular weight excluding hydrogens is 576 g/mol. The maximum Gasteiger partial charge on any atom is 1.00 e. The number of rotatable bonds is 7. The molecule has 0 aliphatic rings. The molecule has 0 heterocycles. The van der Waals surface area contributed by atoms with Gasteiger partial charge in [-0.15, -0.1) is 5.11 Å². The zero-order valence-electron chi connectivity index (χ0n) is 21.0. The molecular formula is C26H20Cl2N3NaO6S. The van der Waals surface area contributed by atoms with Gasteiger partial charge in [0.05, 0.1) is 28.0 Å². The molecule has 0 aromatic heterocycles. The first-order valence-corrected chi connectivity index (χ1v) is 13.4. The molecule has 0 atom stereocenters. The van der Waals surface area contributed by atoms with Crippen LogP contribution >= 0.6 is 23.2 Å². The Hall–Kier alpha value is -2.70. The fourth-order valence-electron chi connectivity index (χ4n) is 3.69. The van der Waals surface area contributed by atoms with Crippen LogP contribution in [0.4, 0.5) is 17.1 Å². The number of ether oxygens (including phenoxy) is 1. The van der Waals surface area contributed by atoms with Crippen molar-refractivity contribution in [3.63, 3.8) is 0 Å². The second-order valence-corrected chi connectivity index (χ2v) is 10.2. The van der Waals surface area contributed by atoms with Crippen LogP contribution in [0.25, 0.3) is 10.8 Å². The largest absolute Gasteiger partial charge is 1.00 e. The summed E-state index contributed by atoms with van der Waals surface area (Å²) in [7, 11) is -4.62. The average Bonchev–Trinajstić information content (AvgIpc) is 2.85. The molecule has 4 aromatic rings. The molecule has 1 amide bonds. The summed E-state index contributed by atoms with van der Waals surface area (Å²) in [4.78, 5) is 12.6. The van der Waals surface area contributed by atoms with E-state index in [0.29, 0.717) is 28.7 Å². The summed E-state index contributed by atoms with van der Waals surface area (Å²) in [5.41, 5.74) is 0.305. The van der Waals surface area contributed by atoms with Crippen LogP contribution in [0.5, 0.6) is 11.5 Å². The van der Waals surface area contributed by atoms with E-state index in [2.05, 4.69) is 15.5 Å². The van der Waals surface area contributed by atoms with E-state index in [-0.39, 0.29) is 62.2 Å². The first-order chi connectivity index (χ1) is 18.0. The number of carbonyl (C=O) groups is 1. The summed E-state index contributed by atoms with van der Waals surface area (Å²) < 4.78 is 38.1. The molecule has 0 spiro atoms. The summed E-state index contributed by atoms with van der Waals surface area (Å²) >= 11 is 12.5. The second-order valence-electron chi connectivity index (χ2n) is 8.07. The predicted molar refractivity (Wildman–Crippen MR) is 144 cm³/mol. The van der Waals surface area contributed by atoms with Gasteiger partial charge in [-0.3, -0.25) is 9.35 Å². The van der Waals surface area contributed by atoms with E-state index in [4.69, 9.17) is 27.9 Å². The quantitative estimate of drug-likeness (QED) is 0.189. The topological polar surface area (TPSA) is 140 Å². The maximum atomic E-state index is 13.4. The number of nitrogens with one attached hydrogen (secondary N) is 1. The first kappa shape index (κ1) is 30.8. The van der Waals surface area contributed by atoms with Crippen LogP contribution in [0.1, 0.15) is 22.8 Å². The number of anilines is 1. The number of nitrogens with zero attached hydrogens (tertiary/aromatic N) is 2. The van der Waals surface area contributed by atoms with Crippen LogP contribution in [-0.4, -0.2) is 25.5 Å². The van der Waals surface area contributed by atoms with Crippen LogP contribution in [0.15, 0.2) is 75.8 Å². The zero-order valence-corrected chi connectivity index (χ0v) is 25.4. The minimum atomic E-state index is -4.62. The van der Waals surface area contributed by atoms with Gasteiger partial charge in [0.15, 0.2) is 0 Å². The smallest absolute Gasteiger partial charge is 0.870 e. The summed E-state index contributed by atoms with van der Waals surface area (Å²) in [5, 5.41) is 25.0. The van der Waals surface area contributed by atoms with Gasteiger partial charge in [0.1, 0.15) is 16.3 Å². The fraction of sp³-hybridized carbons (Fsp3) is 0.115. The number of hydrogen-bond donors (Lipinski definition) is 2. The van der Waals surface area contributed by atoms with Crippen molar-refractivity contribution in [1.82, 2.24) is 0 Å². The van der Waals surface area contributed by atoms with Crippen LogP contribution < -0.4 is 44.7 Å². The number of fused-ring (bicyclic) bond motifs is 1. The summed E-state index contributed by atoms with van der Waals surface area (Å²) in [6.45, 7) is 3.88. The number of hydrogen-bond acceptors (Lipinski definition) is 7. The third-order valence-corrected chi connectivity index (χ3v) is 7.23. The minimum Gasteiger partial charge on any atom is -0.870 e. The van der Waals surface area contributed by atoms with E-state index < -0.39 is 26.7 Å². The predicted octanol–water partition coefficient (Wildman–Crippen LogP) is 3.85. The molecule has 0 fully saturated rings. The Morgan fingerprint density at radius 2 is 1.74 bits per heavy atom. The van der Waals surface area contributed by atoms with Crippen LogP contribution in [0, 0.1) is 6.92 Å². The SMILES string of the molecule is CCOc1ccc(NC(=O)c2cc3ccccc3c(N=Nc3c(C)ccc(S(=O)(=O)O)c3Cl)c2[O-])c(Cl)c1.[Na+]. The van der Waals surface area contributed by atoms with Crippen molar-refractivity contribution < 1.29 is 57.2 Å². The van der Waals surface area contributed by atoms with Crippen molar-refractivity contribution in [1.29, 1.82) is 0 Å². The molecule has 13 heteroatoms. The monoisotopic (exact) mass is 595 g/mol. The van der Waals surface area contributed by atoms with Gasteiger partial charge in [-0.25, -0.2) is 0 Å². The van der Waals surface area contributed by atoms with E-state index in [1.165, 1.54) is 12.1 Å². The molecule has 0 bridgehead atoms. The van der Waals surface area contributed by atoms with Crippen molar-refractivity contribution in [3.8, 4) is 11.5 Å². The summed E-state index contributed by atoms with van der Waals surface area (Å²) in [5.74, 6) is -0.905. The van der Waals surface area contributed by atoms with Crippen molar-refractivity contribution in [2.75, 3.05) is 11.9 Å². The molecule has 4 rings (SSSR count). The number of amides is 1. The minimum absolute atomic E-state index is 0. The molecule has 4 aromatic carbocycles. The summed E-state index contributed by atoms with van der Waals surface area (Å²) in [6.07, 6.45) is 0. The molecule has 196 valence electrons. The second kappa shape index (κ2) is 12.6. The number of halogens is 2. The van der Waals surface area contributed by atoms with Gasteiger partial charge in [-0.1, -0.05) is 59.3 Å². The number of azo groups is 1. The molecule has 0 saturated carbocycles. The number of carbonyl (C=O) groups excluding carboxylic acids is 1. The van der Waals surface area contributed by atoms with Gasteiger partial charge in [0.2, 0.25) is 0 Å². The van der Waals surface area contributed by atoms with Crippen LogP contribution in [0.3, 0.4) is 0 Å².